The van der Waals surface area contributed by atoms with Crippen LogP contribution in [-0.2, 0) is 10.9 Å². The molecule has 2 nitrogen and oxygen atoms in total. The van der Waals surface area contributed by atoms with Crippen LogP contribution in [0.5, 0.6) is 0 Å². The molecule has 1 aliphatic heterocycles. The molecular formula is C15H20F3NO. The predicted molar refractivity (Wildman–Crippen MR) is 72.7 cm³/mol. The van der Waals surface area contributed by atoms with E-state index in [0.717, 1.165) is 43.5 Å². The van der Waals surface area contributed by atoms with Crippen LogP contribution in [-0.4, -0.2) is 18.8 Å². The van der Waals surface area contributed by atoms with Crippen LogP contribution in [0.4, 0.5) is 18.9 Å². The molecule has 0 radical (unpaired) electrons. The highest BCUT2D eigenvalue weighted by Crippen LogP contribution is 2.30. The Morgan fingerprint density at radius 3 is 2.55 bits per heavy atom. The van der Waals surface area contributed by atoms with E-state index in [9.17, 15) is 13.2 Å². The topological polar surface area (TPSA) is 21.3 Å². The average Bonchev–Trinajstić information content (AvgIpc) is 2.39. The summed E-state index contributed by atoms with van der Waals surface area (Å²) in [5, 5.41) is 3.30. The molecule has 1 aromatic carbocycles. The van der Waals surface area contributed by atoms with Crippen molar-refractivity contribution in [1.29, 1.82) is 0 Å². The van der Waals surface area contributed by atoms with E-state index in [1.807, 2.05) is 0 Å². The van der Waals surface area contributed by atoms with E-state index in [1.54, 1.807) is 0 Å². The van der Waals surface area contributed by atoms with Crippen molar-refractivity contribution in [2.75, 3.05) is 11.9 Å². The number of nitrogens with one attached hydrogen (secondary N) is 1. The van der Waals surface area contributed by atoms with Gasteiger partial charge in [0.1, 0.15) is 0 Å². The standard InChI is InChI=1S/C15H20F3NO/c1-2-3-14-10-13(8-9-20-14)19-12-6-4-11(5-7-12)15(16,17)18/h4-7,13-14,19H,2-3,8-10H2,1H3. The van der Waals surface area contributed by atoms with E-state index in [-0.39, 0.29) is 12.1 Å². The molecule has 0 saturated carbocycles. The Labute approximate surface area is 117 Å². The fourth-order valence-corrected chi connectivity index (χ4v) is 2.53. The Morgan fingerprint density at radius 1 is 1.25 bits per heavy atom. The molecule has 1 N–H and O–H groups in total. The molecule has 0 spiro atoms. The number of anilines is 1. The largest absolute Gasteiger partial charge is 0.416 e. The van der Waals surface area contributed by atoms with E-state index < -0.39 is 11.7 Å². The Morgan fingerprint density at radius 2 is 1.95 bits per heavy atom. The second-order valence-corrected chi connectivity index (χ2v) is 5.22. The van der Waals surface area contributed by atoms with Gasteiger partial charge in [-0.05, 0) is 43.5 Å². The number of rotatable bonds is 4. The zero-order chi connectivity index (χ0) is 14.6. The van der Waals surface area contributed by atoms with Gasteiger partial charge in [-0.2, -0.15) is 13.2 Å². The summed E-state index contributed by atoms with van der Waals surface area (Å²) < 4.78 is 43.1. The van der Waals surface area contributed by atoms with Crippen molar-refractivity contribution in [2.24, 2.45) is 0 Å². The van der Waals surface area contributed by atoms with Gasteiger partial charge < -0.3 is 10.1 Å². The lowest BCUT2D eigenvalue weighted by Gasteiger charge is -2.30. The molecule has 0 aromatic heterocycles. The molecule has 2 atom stereocenters. The van der Waals surface area contributed by atoms with E-state index >= 15 is 0 Å². The maximum absolute atomic E-state index is 12.5. The van der Waals surface area contributed by atoms with Crippen LogP contribution in [0.1, 0.15) is 38.2 Å². The van der Waals surface area contributed by atoms with E-state index in [2.05, 4.69) is 12.2 Å². The minimum absolute atomic E-state index is 0.265. The molecular weight excluding hydrogens is 267 g/mol. The minimum Gasteiger partial charge on any atom is -0.382 e. The summed E-state index contributed by atoms with van der Waals surface area (Å²) in [6, 6.07) is 5.49. The molecule has 0 bridgehead atoms. The highest BCUT2D eigenvalue weighted by molar-refractivity contribution is 5.46. The number of alkyl halides is 3. The van der Waals surface area contributed by atoms with Crippen LogP contribution in [0.25, 0.3) is 0 Å². The van der Waals surface area contributed by atoms with Crippen molar-refractivity contribution >= 4 is 5.69 Å². The molecule has 1 saturated heterocycles. The van der Waals surface area contributed by atoms with E-state index in [0.29, 0.717) is 6.61 Å². The third-order valence-corrected chi connectivity index (χ3v) is 3.56. The summed E-state index contributed by atoms with van der Waals surface area (Å²) in [5.74, 6) is 0. The monoisotopic (exact) mass is 287 g/mol. The van der Waals surface area contributed by atoms with Crippen LogP contribution in [0, 0.1) is 0 Å². The zero-order valence-corrected chi connectivity index (χ0v) is 11.5. The van der Waals surface area contributed by atoms with Gasteiger partial charge in [-0.1, -0.05) is 13.3 Å². The molecule has 5 heteroatoms. The molecule has 20 heavy (non-hydrogen) atoms. The van der Waals surface area contributed by atoms with Crippen LogP contribution in [0.15, 0.2) is 24.3 Å². The van der Waals surface area contributed by atoms with Gasteiger partial charge in [0.05, 0.1) is 11.7 Å². The van der Waals surface area contributed by atoms with Crippen molar-refractivity contribution in [3.63, 3.8) is 0 Å². The number of hydrogen-bond donors (Lipinski definition) is 1. The lowest BCUT2D eigenvalue weighted by molar-refractivity contribution is -0.137. The Balaban J connectivity index is 1.93. The van der Waals surface area contributed by atoms with Gasteiger partial charge in [-0.15, -0.1) is 0 Å². The molecule has 1 aromatic rings. The fraction of sp³-hybridized carbons (Fsp3) is 0.600. The van der Waals surface area contributed by atoms with Gasteiger partial charge in [0, 0.05) is 18.3 Å². The first kappa shape index (κ1) is 15.2. The summed E-state index contributed by atoms with van der Waals surface area (Å²) in [4.78, 5) is 0. The third-order valence-electron chi connectivity index (χ3n) is 3.56. The van der Waals surface area contributed by atoms with Gasteiger partial charge in [-0.3, -0.25) is 0 Å². The SMILES string of the molecule is CCCC1CC(Nc2ccc(C(F)(F)F)cc2)CCO1. The molecule has 2 unspecified atom stereocenters. The predicted octanol–water partition coefficient (Wildman–Crippen LogP) is 4.47. The van der Waals surface area contributed by atoms with Crippen molar-refractivity contribution < 1.29 is 17.9 Å². The highest BCUT2D eigenvalue weighted by atomic mass is 19.4. The van der Waals surface area contributed by atoms with E-state index in [4.69, 9.17) is 4.74 Å². The summed E-state index contributed by atoms with van der Waals surface area (Å²) in [5.41, 5.74) is 0.124. The van der Waals surface area contributed by atoms with Crippen LogP contribution >= 0.6 is 0 Å². The zero-order valence-electron chi connectivity index (χ0n) is 11.5. The van der Waals surface area contributed by atoms with Crippen molar-refractivity contribution in [1.82, 2.24) is 0 Å². The molecule has 1 fully saturated rings. The van der Waals surface area contributed by atoms with Crippen LogP contribution in [0.3, 0.4) is 0 Å². The average molecular weight is 287 g/mol. The first-order valence-electron chi connectivity index (χ1n) is 7.04. The Bertz CT molecular complexity index is 414. The number of ether oxygens (including phenoxy) is 1. The van der Waals surface area contributed by atoms with Gasteiger partial charge in [0.15, 0.2) is 0 Å². The number of halogens is 3. The quantitative estimate of drug-likeness (QED) is 0.882. The highest BCUT2D eigenvalue weighted by Gasteiger charge is 2.30. The molecule has 112 valence electrons. The third kappa shape index (κ3) is 4.13. The summed E-state index contributed by atoms with van der Waals surface area (Å²) in [6.07, 6.45) is -0.0942. The van der Waals surface area contributed by atoms with Gasteiger partial charge in [0.25, 0.3) is 0 Å². The molecule has 1 heterocycles. The van der Waals surface area contributed by atoms with Crippen molar-refractivity contribution in [2.45, 2.75) is 50.9 Å². The first-order valence-corrected chi connectivity index (χ1v) is 7.04. The Kier molecular flexibility index (Phi) is 4.91. The summed E-state index contributed by atoms with van der Waals surface area (Å²) in [7, 11) is 0. The molecule has 2 rings (SSSR count). The summed E-state index contributed by atoms with van der Waals surface area (Å²) in [6.45, 7) is 2.83. The normalized spacial score (nSPS) is 23.6. The molecule has 0 amide bonds. The second-order valence-electron chi connectivity index (χ2n) is 5.22. The lowest BCUT2D eigenvalue weighted by atomic mass is 10.00. The maximum atomic E-state index is 12.5. The van der Waals surface area contributed by atoms with Crippen LogP contribution < -0.4 is 5.32 Å². The lowest BCUT2D eigenvalue weighted by Crippen LogP contribution is -2.33. The number of hydrogen-bond acceptors (Lipinski definition) is 2. The first-order chi connectivity index (χ1) is 9.49. The maximum Gasteiger partial charge on any atom is 0.416 e. The smallest absolute Gasteiger partial charge is 0.382 e. The van der Waals surface area contributed by atoms with Crippen molar-refractivity contribution in [3.05, 3.63) is 29.8 Å². The fourth-order valence-electron chi connectivity index (χ4n) is 2.53. The van der Waals surface area contributed by atoms with Crippen LogP contribution in [0.2, 0.25) is 0 Å². The van der Waals surface area contributed by atoms with E-state index in [1.165, 1.54) is 12.1 Å². The van der Waals surface area contributed by atoms with Gasteiger partial charge in [0.2, 0.25) is 0 Å². The van der Waals surface area contributed by atoms with Gasteiger partial charge >= 0.3 is 6.18 Å². The second kappa shape index (κ2) is 6.48. The van der Waals surface area contributed by atoms with Crippen molar-refractivity contribution in [3.8, 4) is 0 Å². The molecule has 0 aliphatic carbocycles. The summed E-state index contributed by atoms with van der Waals surface area (Å²) >= 11 is 0. The minimum atomic E-state index is -4.27. The Hall–Kier alpha value is -1.23. The molecule has 1 aliphatic rings. The number of benzene rings is 1. The van der Waals surface area contributed by atoms with Gasteiger partial charge in [-0.25, -0.2) is 0 Å².